The van der Waals surface area contributed by atoms with E-state index in [1.54, 1.807) is 24.0 Å². The van der Waals surface area contributed by atoms with Crippen molar-refractivity contribution in [2.75, 3.05) is 13.2 Å². The van der Waals surface area contributed by atoms with E-state index >= 15 is 0 Å². The van der Waals surface area contributed by atoms with Gasteiger partial charge in [-0.2, -0.15) is 5.10 Å². The zero-order valence-electron chi connectivity index (χ0n) is 11.3. The van der Waals surface area contributed by atoms with Gasteiger partial charge in [-0.1, -0.05) is 0 Å². The second-order valence-electron chi connectivity index (χ2n) is 5.04. The molecule has 1 heterocycles. The van der Waals surface area contributed by atoms with Crippen LogP contribution in [0.25, 0.3) is 0 Å². The lowest BCUT2D eigenvalue weighted by atomic mass is 9.94. The molecule has 2 rings (SSSR count). The molecule has 0 aromatic carbocycles. The highest BCUT2D eigenvalue weighted by Gasteiger charge is 2.18. The quantitative estimate of drug-likeness (QED) is 0.757. The number of carbonyl (C=O) groups is 1. The fourth-order valence-corrected chi connectivity index (χ4v) is 2.27. The maximum atomic E-state index is 11.7. The maximum Gasteiger partial charge on any atom is 0.271 e. The minimum absolute atomic E-state index is 0.158. The van der Waals surface area contributed by atoms with E-state index in [-0.39, 0.29) is 5.91 Å². The molecule has 19 heavy (non-hydrogen) atoms. The van der Waals surface area contributed by atoms with Crippen LogP contribution < -0.4 is 11.1 Å². The van der Waals surface area contributed by atoms with Crippen molar-refractivity contribution in [1.82, 2.24) is 15.1 Å². The van der Waals surface area contributed by atoms with E-state index in [0.717, 1.165) is 25.7 Å². The second-order valence-corrected chi connectivity index (χ2v) is 5.04. The molecule has 1 aromatic rings. The summed E-state index contributed by atoms with van der Waals surface area (Å²) in [5.74, 6) is -0.158. The van der Waals surface area contributed by atoms with Gasteiger partial charge in [0.25, 0.3) is 5.91 Å². The zero-order chi connectivity index (χ0) is 13.7. The molecule has 6 heteroatoms. The highest BCUT2D eigenvalue weighted by molar-refractivity contribution is 5.92. The zero-order valence-corrected chi connectivity index (χ0v) is 11.3. The van der Waals surface area contributed by atoms with Crippen molar-refractivity contribution < 1.29 is 9.53 Å². The first-order valence-electron chi connectivity index (χ1n) is 6.80. The third-order valence-electron chi connectivity index (χ3n) is 3.41. The van der Waals surface area contributed by atoms with Gasteiger partial charge in [-0.05, 0) is 31.7 Å². The molecule has 106 valence electrons. The summed E-state index contributed by atoms with van der Waals surface area (Å²) in [6.45, 7) is 1.05. The number of rotatable bonds is 5. The first-order valence-corrected chi connectivity index (χ1v) is 6.80. The van der Waals surface area contributed by atoms with Crippen molar-refractivity contribution in [3.63, 3.8) is 0 Å². The largest absolute Gasteiger partial charge is 0.376 e. The van der Waals surface area contributed by atoms with Crippen molar-refractivity contribution in [3.8, 4) is 0 Å². The number of ether oxygens (including phenoxy) is 1. The Bertz CT molecular complexity index is 411. The Morgan fingerprint density at radius 2 is 2.26 bits per heavy atom. The second kappa shape index (κ2) is 6.68. The van der Waals surface area contributed by atoms with Gasteiger partial charge in [-0.25, -0.2) is 0 Å². The van der Waals surface area contributed by atoms with Crippen LogP contribution in [0.2, 0.25) is 0 Å². The number of aryl methyl sites for hydroxylation is 1. The van der Waals surface area contributed by atoms with E-state index in [2.05, 4.69) is 10.4 Å². The van der Waals surface area contributed by atoms with Crippen LogP contribution in [0.1, 0.15) is 36.2 Å². The normalized spacial score (nSPS) is 23.3. The molecule has 1 aliphatic carbocycles. The average Bonchev–Trinajstić information content (AvgIpc) is 2.83. The van der Waals surface area contributed by atoms with Crippen LogP contribution in [0.4, 0.5) is 0 Å². The van der Waals surface area contributed by atoms with E-state index in [1.807, 2.05) is 0 Å². The van der Waals surface area contributed by atoms with Gasteiger partial charge in [-0.15, -0.1) is 0 Å². The smallest absolute Gasteiger partial charge is 0.271 e. The molecule has 0 aliphatic heterocycles. The van der Waals surface area contributed by atoms with Gasteiger partial charge in [-0.3, -0.25) is 9.48 Å². The highest BCUT2D eigenvalue weighted by atomic mass is 16.5. The van der Waals surface area contributed by atoms with E-state index in [4.69, 9.17) is 10.5 Å². The molecule has 1 fully saturated rings. The molecule has 0 saturated heterocycles. The number of nitrogens with one attached hydrogen (secondary N) is 1. The van der Waals surface area contributed by atoms with Gasteiger partial charge < -0.3 is 15.8 Å². The van der Waals surface area contributed by atoms with Crippen LogP contribution >= 0.6 is 0 Å². The minimum Gasteiger partial charge on any atom is -0.376 e. The summed E-state index contributed by atoms with van der Waals surface area (Å²) >= 11 is 0. The van der Waals surface area contributed by atoms with Crippen LogP contribution in [0.15, 0.2) is 12.3 Å². The molecule has 3 N–H and O–H groups in total. The summed E-state index contributed by atoms with van der Waals surface area (Å²) in [7, 11) is 1.79. The third-order valence-corrected chi connectivity index (χ3v) is 3.41. The van der Waals surface area contributed by atoms with Gasteiger partial charge in [0.1, 0.15) is 5.69 Å². The van der Waals surface area contributed by atoms with Crippen LogP contribution in [0, 0.1) is 0 Å². The van der Waals surface area contributed by atoms with E-state index in [0.29, 0.717) is 31.0 Å². The van der Waals surface area contributed by atoms with Crippen molar-refractivity contribution in [2.45, 2.75) is 37.8 Å². The van der Waals surface area contributed by atoms with Gasteiger partial charge >= 0.3 is 0 Å². The van der Waals surface area contributed by atoms with E-state index < -0.39 is 0 Å². The lowest BCUT2D eigenvalue weighted by Gasteiger charge is -2.26. The summed E-state index contributed by atoms with van der Waals surface area (Å²) < 4.78 is 7.33. The van der Waals surface area contributed by atoms with Crippen LogP contribution in [-0.2, 0) is 11.8 Å². The molecular weight excluding hydrogens is 244 g/mol. The fourth-order valence-electron chi connectivity index (χ4n) is 2.27. The van der Waals surface area contributed by atoms with Crippen LogP contribution in [0.5, 0.6) is 0 Å². The molecule has 6 nitrogen and oxygen atoms in total. The van der Waals surface area contributed by atoms with Gasteiger partial charge in [0.2, 0.25) is 0 Å². The Morgan fingerprint density at radius 3 is 2.89 bits per heavy atom. The SMILES string of the molecule is Cn1ccc(C(=O)NCCOC2CCC(N)CC2)n1. The molecule has 1 saturated carbocycles. The lowest BCUT2D eigenvalue weighted by Crippen LogP contribution is -2.33. The number of hydrogen-bond acceptors (Lipinski definition) is 4. The van der Waals surface area contributed by atoms with Crippen molar-refractivity contribution in [3.05, 3.63) is 18.0 Å². The lowest BCUT2D eigenvalue weighted by molar-refractivity contribution is 0.0267. The monoisotopic (exact) mass is 266 g/mol. The Labute approximate surface area is 113 Å². The highest BCUT2D eigenvalue weighted by Crippen LogP contribution is 2.19. The summed E-state index contributed by atoms with van der Waals surface area (Å²) in [5, 5.41) is 6.83. The van der Waals surface area contributed by atoms with E-state index in [9.17, 15) is 4.79 Å². The summed E-state index contributed by atoms with van der Waals surface area (Å²) in [6.07, 6.45) is 6.16. The summed E-state index contributed by atoms with van der Waals surface area (Å²) in [4.78, 5) is 11.7. The van der Waals surface area contributed by atoms with Crippen molar-refractivity contribution in [1.29, 1.82) is 0 Å². The number of carbonyl (C=O) groups excluding carboxylic acids is 1. The number of hydrogen-bond donors (Lipinski definition) is 2. The van der Waals surface area contributed by atoms with Gasteiger partial charge in [0, 0.05) is 25.8 Å². The van der Waals surface area contributed by atoms with Gasteiger partial charge in [0.15, 0.2) is 0 Å². The summed E-state index contributed by atoms with van der Waals surface area (Å²) in [5.41, 5.74) is 6.27. The first-order chi connectivity index (χ1) is 9.15. The van der Waals surface area contributed by atoms with Crippen LogP contribution in [0.3, 0.4) is 0 Å². The van der Waals surface area contributed by atoms with Gasteiger partial charge in [0.05, 0.1) is 12.7 Å². The predicted octanol–water partition coefficient (Wildman–Crippen LogP) is 0.436. The molecule has 0 unspecified atom stereocenters. The van der Waals surface area contributed by atoms with Crippen LogP contribution in [-0.4, -0.2) is 41.0 Å². The molecule has 0 radical (unpaired) electrons. The molecular formula is C13H22N4O2. The number of nitrogens with two attached hydrogens (primary N) is 1. The van der Waals surface area contributed by atoms with Crippen molar-refractivity contribution in [2.24, 2.45) is 12.8 Å². The third kappa shape index (κ3) is 4.33. The predicted molar refractivity (Wildman–Crippen MR) is 71.7 cm³/mol. The molecule has 0 spiro atoms. The maximum absolute atomic E-state index is 11.7. The Morgan fingerprint density at radius 1 is 1.53 bits per heavy atom. The Kier molecular flexibility index (Phi) is 4.93. The Hall–Kier alpha value is -1.40. The number of nitrogens with zero attached hydrogens (tertiary/aromatic N) is 2. The fraction of sp³-hybridized carbons (Fsp3) is 0.692. The Balaban J connectivity index is 1.60. The minimum atomic E-state index is -0.158. The number of aromatic nitrogens is 2. The standard InChI is InChI=1S/C13H22N4O2/c1-17-8-6-12(16-17)13(18)15-7-9-19-11-4-2-10(14)3-5-11/h6,8,10-11H,2-5,7,9,14H2,1H3,(H,15,18). The van der Waals surface area contributed by atoms with Crippen molar-refractivity contribution >= 4 is 5.91 Å². The molecule has 0 atom stereocenters. The topological polar surface area (TPSA) is 82.2 Å². The molecule has 1 aliphatic rings. The average molecular weight is 266 g/mol. The van der Waals surface area contributed by atoms with E-state index in [1.165, 1.54) is 0 Å². The molecule has 0 bridgehead atoms. The molecule has 1 amide bonds. The molecule has 1 aromatic heterocycles. The summed E-state index contributed by atoms with van der Waals surface area (Å²) in [6, 6.07) is 2.03. The number of amides is 1. The first kappa shape index (κ1) is 14.0.